The summed E-state index contributed by atoms with van der Waals surface area (Å²) in [6.07, 6.45) is 11.0. The molecule has 1 unspecified atom stereocenters. The van der Waals surface area contributed by atoms with Crippen LogP contribution in [0.15, 0.2) is 0 Å². The third kappa shape index (κ3) is 8.86. The Morgan fingerprint density at radius 2 is 1.52 bits per heavy atom. The van der Waals surface area contributed by atoms with E-state index >= 15 is 0 Å². The second-order valence-corrected chi connectivity index (χ2v) is 6.36. The highest BCUT2D eigenvalue weighted by atomic mass is 16.1. The molecule has 1 rings (SSSR count). The first kappa shape index (κ1) is 18.1. The van der Waals surface area contributed by atoms with Crippen LogP contribution in [0.25, 0.3) is 0 Å². The van der Waals surface area contributed by atoms with Crippen LogP contribution in [0.2, 0.25) is 0 Å². The monoisotopic (exact) mass is 296 g/mol. The van der Waals surface area contributed by atoms with Crippen LogP contribution in [0.5, 0.6) is 0 Å². The van der Waals surface area contributed by atoms with E-state index in [9.17, 15) is 9.59 Å². The quantitative estimate of drug-likeness (QED) is 0.724. The molecule has 4 nitrogen and oxygen atoms in total. The lowest BCUT2D eigenvalue weighted by Crippen LogP contribution is -2.33. The number of nitrogens with one attached hydrogen (secondary N) is 2. The second-order valence-electron chi connectivity index (χ2n) is 6.36. The predicted octanol–water partition coefficient (Wildman–Crippen LogP) is 2.81. The number of ketones is 1. The molecule has 1 atom stereocenters. The van der Waals surface area contributed by atoms with Crippen molar-refractivity contribution in [1.29, 1.82) is 0 Å². The molecule has 0 spiro atoms. The molecule has 0 aromatic heterocycles. The zero-order valence-corrected chi connectivity index (χ0v) is 13.7. The minimum Gasteiger partial charge on any atom is -0.356 e. The Bertz CT molecular complexity index is 310. The van der Waals surface area contributed by atoms with Crippen LogP contribution in [-0.2, 0) is 9.59 Å². The molecular weight excluding hydrogens is 264 g/mol. The summed E-state index contributed by atoms with van der Waals surface area (Å²) >= 11 is 0. The van der Waals surface area contributed by atoms with Crippen LogP contribution in [0.3, 0.4) is 0 Å². The zero-order valence-electron chi connectivity index (χ0n) is 13.7. The minimum absolute atomic E-state index is 0.0232. The smallest absolute Gasteiger partial charge is 0.216 e. The Kier molecular flexibility index (Phi) is 9.31. The van der Waals surface area contributed by atoms with Gasteiger partial charge in [-0.3, -0.25) is 9.59 Å². The van der Waals surface area contributed by atoms with Crippen LogP contribution >= 0.6 is 0 Å². The fourth-order valence-corrected chi connectivity index (χ4v) is 3.10. The van der Waals surface area contributed by atoms with E-state index in [1.54, 1.807) is 6.92 Å². The summed E-state index contributed by atoms with van der Waals surface area (Å²) in [5.41, 5.74) is 0. The van der Waals surface area contributed by atoms with Gasteiger partial charge in [0, 0.05) is 25.4 Å². The molecule has 0 aromatic carbocycles. The first-order chi connectivity index (χ1) is 10.1. The fourth-order valence-electron chi connectivity index (χ4n) is 3.10. The van der Waals surface area contributed by atoms with E-state index in [4.69, 9.17) is 0 Å². The van der Waals surface area contributed by atoms with Crippen molar-refractivity contribution < 1.29 is 9.59 Å². The minimum atomic E-state index is -0.0232. The van der Waals surface area contributed by atoms with E-state index in [0.29, 0.717) is 12.6 Å². The van der Waals surface area contributed by atoms with Gasteiger partial charge in [0.15, 0.2) is 0 Å². The van der Waals surface area contributed by atoms with Gasteiger partial charge in [0.05, 0.1) is 0 Å². The van der Waals surface area contributed by atoms with Gasteiger partial charge >= 0.3 is 0 Å². The van der Waals surface area contributed by atoms with Crippen molar-refractivity contribution in [2.75, 3.05) is 13.1 Å². The average Bonchev–Trinajstić information content (AvgIpc) is 2.38. The number of carbonyl (C=O) groups excluding carboxylic acids is 2. The van der Waals surface area contributed by atoms with Gasteiger partial charge in [-0.25, -0.2) is 0 Å². The molecule has 0 aliphatic heterocycles. The van der Waals surface area contributed by atoms with Gasteiger partial charge in [-0.05, 0) is 39.2 Å². The number of hydrogen-bond donors (Lipinski definition) is 2. The molecular formula is C17H32N2O2. The van der Waals surface area contributed by atoms with Crippen molar-refractivity contribution in [1.82, 2.24) is 10.6 Å². The molecule has 0 radical (unpaired) electrons. The summed E-state index contributed by atoms with van der Waals surface area (Å²) in [6, 6.07) is 0.633. The summed E-state index contributed by atoms with van der Waals surface area (Å²) < 4.78 is 0. The highest BCUT2D eigenvalue weighted by molar-refractivity contribution is 5.78. The van der Waals surface area contributed by atoms with Gasteiger partial charge in [0.2, 0.25) is 5.91 Å². The summed E-state index contributed by atoms with van der Waals surface area (Å²) in [5, 5.41) is 6.41. The predicted molar refractivity (Wildman–Crippen MR) is 86.2 cm³/mol. The molecule has 1 amide bonds. The van der Waals surface area contributed by atoms with Crippen molar-refractivity contribution in [3.05, 3.63) is 0 Å². The molecule has 0 bridgehead atoms. The lowest BCUT2D eigenvalue weighted by Gasteiger charge is -2.22. The first-order valence-corrected chi connectivity index (χ1v) is 8.58. The molecule has 122 valence electrons. The average molecular weight is 296 g/mol. The van der Waals surface area contributed by atoms with Crippen LogP contribution in [0.4, 0.5) is 0 Å². The molecule has 0 saturated heterocycles. The van der Waals surface area contributed by atoms with Crippen molar-refractivity contribution in [3.8, 4) is 0 Å². The fraction of sp³-hybridized carbons (Fsp3) is 0.882. The molecule has 2 N–H and O–H groups in total. The molecule has 21 heavy (non-hydrogen) atoms. The topological polar surface area (TPSA) is 58.2 Å². The number of carbonyl (C=O) groups is 2. The number of amides is 1. The van der Waals surface area contributed by atoms with E-state index in [1.807, 2.05) is 0 Å². The van der Waals surface area contributed by atoms with Gasteiger partial charge in [-0.15, -0.1) is 0 Å². The molecule has 1 fully saturated rings. The normalized spacial score (nSPS) is 18.6. The van der Waals surface area contributed by atoms with Crippen LogP contribution in [0.1, 0.15) is 71.6 Å². The van der Waals surface area contributed by atoms with Crippen LogP contribution in [0, 0.1) is 5.92 Å². The van der Waals surface area contributed by atoms with Crippen LogP contribution < -0.4 is 10.6 Å². The van der Waals surface area contributed by atoms with E-state index in [-0.39, 0.29) is 17.6 Å². The Morgan fingerprint density at radius 3 is 2.10 bits per heavy atom. The maximum atomic E-state index is 11.7. The Labute approximate surface area is 129 Å². The summed E-state index contributed by atoms with van der Waals surface area (Å²) in [6.45, 7) is 4.69. The van der Waals surface area contributed by atoms with Crippen molar-refractivity contribution in [3.63, 3.8) is 0 Å². The second kappa shape index (κ2) is 10.8. The highest BCUT2D eigenvalue weighted by Gasteiger charge is 2.15. The third-order valence-electron chi connectivity index (χ3n) is 4.47. The SMILES string of the molecule is CC(=O)NCCC(CCNC1CCCCCCC1)C(C)=O. The Morgan fingerprint density at radius 1 is 0.952 bits per heavy atom. The maximum Gasteiger partial charge on any atom is 0.216 e. The Balaban J connectivity index is 2.22. The number of Topliss-reactive ketones (excluding diaryl/α,β-unsaturated/α-hetero) is 1. The lowest BCUT2D eigenvalue weighted by molar-refractivity contribution is -0.122. The number of hydrogen-bond acceptors (Lipinski definition) is 3. The van der Waals surface area contributed by atoms with Gasteiger partial charge in [0.25, 0.3) is 0 Å². The van der Waals surface area contributed by atoms with Gasteiger partial charge < -0.3 is 10.6 Å². The summed E-state index contributed by atoms with van der Waals surface area (Å²) in [7, 11) is 0. The van der Waals surface area contributed by atoms with E-state index in [2.05, 4.69) is 10.6 Å². The largest absolute Gasteiger partial charge is 0.356 e. The van der Waals surface area contributed by atoms with Gasteiger partial charge in [-0.2, -0.15) is 0 Å². The van der Waals surface area contributed by atoms with Gasteiger partial charge in [-0.1, -0.05) is 32.1 Å². The summed E-state index contributed by atoms with van der Waals surface area (Å²) in [5.74, 6) is 0.280. The maximum absolute atomic E-state index is 11.7. The standard InChI is InChI=1S/C17H32N2O2/c1-14(20)16(10-12-18-15(2)21)11-13-19-17-8-6-4-3-5-7-9-17/h16-17,19H,3-13H2,1-2H3,(H,18,21). The molecule has 0 heterocycles. The molecule has 0 aromatic rings. The Hall–Kier alpha value is -0.900. The first-order valence-electron chi connectivity index (χ1n) is 8.58. The molecule has 1 saturated carbocycles. The summed E-state index contributed by atoms with van der Waals surface area (Å²) in [4.78, 5) is 22.5. The number of rotatable bonds is 8. The zero-order chi connectivity index (χ0) is 15.5. The molecule has 1 aliphatic carbocycles. The van der Waals surface area contributed by atoms with E-state index in [0.717, 1.165) is 19.4 Å². The van der Waals surface area contributed by atoms with Crippen molar-refractivity contribution in [2.24, 2.45) is 5.92 Å². The van der Waals surface area contributed by atoms with Crippen molar-refractivity contribution >= 4 is 11.7 Å². The molecule has 4 heteroatoms. The van der Waals surface area contributed by atoms with Crippen LogP contribution in [-0.4, -0.2) is 30.8 Å². The molecule has 1 aliphatic rings. The van der Waals surface area contributed by atoms with Crippen molar-refractivity contribution in [2.45, 2.75) is 77.7 Å². The third-order valence-corrected chi connectivity index (χ3v) is 4.47. The van der Waals surface area contributed by atoms with Gasteiger partial charge in [0.1, 0.15) is 5.78 Å². The van der Waals surface area contributed by atoms with E-state index < -0.39 is 0 Å². The van der Waals surface area contributed by atoms with E-state index in [1.165, 1.54) is 51.9 Å². The highest BCUT2D eigenvalue weighted by Crippen LogP contribution is 2.17. The lowest BCUT2D eigenvalue weighted by atomic mass is 9.95.